The Labute approximate surface area is 104 Å². The number of halogens is 2. The molecule has 3 heteroatoms. The lowest BCUT2D eigenvalue weighted by atomic mass is 9.99. The quantitative estimate of drug-likeness (QED) is 0.726. The van der Waals surface area contributed by atoms with Crippen molar-refractivity contribution in [1.29, 1.82) is 0 Å². The Kier molecular flexibility index (Phi) is 3.25. The molecule has 0 amide bonds. The lowest BCUT2D eigenvalue weighted by Gasteiger charge is -2.07. The Morgan fingerprint density at radius 3 is 2.59 bits per heavy atom. The van der Waals surface area contributed by atoms with Gasteiger partial charge in [-0.15, -0.1) is 0 Å². The molecule has 0 radical (unpaired) electrons. The Balaban J connectivity index is 2.59. The van der Waals surface area contributed by atoms with Gasteiger partial charge < -0.3 is 0 Å². The molecule has 1 nitrogen and oxygen atoms in total. The van der Waals surface area contributed by atoms with Crippen molar-refractivity contribution in [3.8, 4) is 11.1 Å². The van der Waals surface area contributed by atoms with Gasteiger partial charge in [0.25, 0.3) is 0 Å². The molecule has 0 saturated carbocycles. The van der Waals surface area contributed by atoms with Crippen LogP contribution in [0, 0.1) is 12.7 Å². The summed E-state index contributed by atoms with van der Waals surface area (Å²) >= 11 is 6.03. The van der Waals surface area contributed by atoms with Crippen LogP contribution in [-0.4, -0.2) is 6.29 Å². The van der Waals surface area contributed by atoms with Crippen LogP contribution >= 0.6 is 11.6 Å². The second-order valence-corrected chi connectivity index (χ2v) is 4.22. The molecule has 0 aliphatic heterocycles. The number of carbonyl (C=O) groups is 1. The fourth-order valence-electron chi connectivity index (χ4n) is 1.65. The number of hydrogen-bond donors (Lipinski definition) is 0. The van der Waals surface area contributed by atoms with E-state index in [4.69, 9.17) is 11.6 Å². The van der Waals surface area contributed by atoms with Crippen molar-refractivity contribution >= 4 is 17.9 Å². The van der Waals surface area contributed by atoms with Gasteiger partial charge in [0.15, 0.2) is 6.29 Å². The van der Waals surface area contributed by atoms with Gasteiger partial charge in [-0.05, 0) is 41.8 Å². The largest absolute Gasteiger partial charge is 0.298 e. The first-order chi connectivity index (χ1) is 8.11. The third kappa shape index (κ3) is 2.37. The predicted molar refractivity (Wildman–Crippen MR) is 67.0 cm³/mol. The molecule has 0 aliphatic carbocycles. The summed E-state index contributed by atoms with van der Waals surface area (Å²) in [7, 11) is 0. The van der Waals surface area contributed by atoms with Crippen molar-refractivity contribution in [2.24, 2.45) is 0 Å². The number of carbonyl (C=O) groups excluding carboxylic acids is 1. The van der Waals surface area contributed by atoms with E-state index in [1.807, 2.05) is 19.1 Å². The molecule has 0 fully saturated rings. The minimum atomic E-state index is -0.422. The van der Waals surface area contributed by atoms with Crippen LogP contribution in [0.5, 0.6) is 0 Å². The van der Waals surface area contributed by atoms with Crippen LogP contribution in [0.3, 0.4) is 0 Å². The van der Waals surface area contributed by atoms with Crippen LogP contribution in [0.15, 0.2) is 36.4 Å². The SMILES string of the molecule is Cc1ccc(-c2ccc(F)cc2C=O)cc1Cl. The molecule has 2 rings (SSSR count). The lowest BCUT2D eigenvalue weighted by Crippen LogP contribution is -1.90. The smallest absolute Gasteiger partial charge is 0.150 e. The van der Waals surface area contributed by atoms with Gasteiger partial charge in [-0.2, -0.15) is 0 Å². The van der Waals surface area contributed by atoms with E-state index in [1.54, 1.807) is 12.1 Å². The first-order valence-corrected chi connectivity index (χ1v) is 5.51. The third-order valence-corrected chi connectivity index (χ3v) is 3.03. The van der Waals surface area contributed by atoms with Gasteiger partial charge in [0.2, 0.25) is 0 Å². The van der Waals surface area contributed by atoms with E-state index in [1.165, 1.54) is 12.1 Å². The summed E-state index contributed by atoms with van der Waals surface area (Å²) in [4.78, 5) is 10.9. The van der Waals surface area contributed by atoms with Crippen LogP contribution in [0.25, 0.3) is 11.1 Å². The van der Waals surface area contributed by atoms with Crippen LogP contribution in [0.2, 0.25) is 5.02 Å². The summed E-state index contributed by atoms with van der Waals surface area (Å²) < 4.78 is 13.0. The van der Waals surface area contributed by atoms with Gasteiger partial charge >= 0.3 is 0 Å². The van der Waals surface area contributed by atoms with Crippen molar-refractivity contribution in [2.45, 2.75) is 6.92 Å². The molecule has 17 heavy (non-hydrogen) atoms. The van der Waals surface area contributed by atoms with E-state index in [9.17, 15) is 9.18 Å². The number of hydrogen-bond acceptors (Lipinski definition) is 1. The monoisotopic (exact) mass is 248 g/mol. The third-order valence-electron chi connectivity index (χ3n) is 2.62. The second kappa shape index (κ2) is 4.68. The molecule has 0 atom stereocenters. The van der Waals surface area contributed by atoms with Gasteiger partial charge in [-0.25, -0.2) is 4.39 Å². The average molecular weight is 249 g/mol. The molecule has 0 unspecified atom stereocenters. The van der Waals surface area contributed by atoms with E-state index < -0.39 is 5.82 Å². The maximum atomic E-state index is 13.0. The normalized spacial score (nSPS) is 10.3. The zero-order valence-corrected chi connectivity index (χ0v) is 9.96. The molecule has 0 N–H and O–H groups in total. The molecule has 0 bridgehead atoms. The van der Waals surface area contributed by atoms with Crippen molar-refractivity contribution in [1.82, 2.24) is 0 Å². The molecular formula is C14H10ClFO. The Morgan fingerprint density at radius 2 is 1.94 bits per heavy atom. The topological polar surface area (TPSA) is 17.1 Å². The number of aryl methyl sites for hydroxylation is 1. The summed E-state index contributed by atoms with van der Waals surface area (Å²) in [6, 6.07) is 9.64. The highest BCUT2D eigenvalue weighted by Crippen LogP contribution is 2.27. The van der Waals surface area contributed by atoms with E-state index >= 15 is 0 Å². The first-order valence-electron chi connectivity index (χ1n) is 5.13. The number of rotatable bonds is 2. The summed E-state index contributed by atoms with van der Waals surface area (Å²) in [5, 5.41) is 0.628. The molecule has 0 aromatic heterocycles. The summed E-state index contributed by atoms with van der Waals surface area (Å²) in [5.41, 5.74) is 2.78. The fraction of sp³-hybridized carbons (Fsp3) is 0.0714. The molecule has 2 aromatic carbocycles. The van der Waals surface area contributed by atoms with E-state index in [2.05, 4.69) is 0 Å². The van der Waals surface area contributed by atoms with Gasteiger partial charge in [0.1, 0.15) is 5.82 Å². The maximum absolute atomic E-state index is 13.0. The second-order valence-electron chi connectivity index (χ2n) is 3.81. The first kappa shape index (κ1) is 11.8. The summed E-state index contributed by atoms with van der Waals surface area (Å²) in [5.74, 6) is -0.422. The molecular weight excluding hydrogens is 239 g/mol. The highest BCUT2D eigenvalue weighted by molar-refractivity contribution is 6.31. The molecule has 0 saturated heterocycles. The van der Waals surface area contributed by atoms with Crippen molar-refractivity contribution in [3.63, 3.8) is 0 Å². The minimum absolute atomic E-state index is 0.324. The molecule has 86 valence electrons. The Morgan fingerprint density at radius 1 is 1.18 bits per heavy atom. The van der Waals surface area contributed by atoms with Gasteiger partial charge in [0, 0.05) is 10.6 Å². The van der Waals surface area contributed by atoms with E-state index in [0.29, 0.717) is 22.4 Å². The highest BCUT2D eigenvalue weighted by Gasteiger charge is 2.07. The van der Waals surface area contributed by atoms with E-state index in [-0.39, 0.29) is 0 Å². The molecule has 0 spiro atoms. The summed E-state index contributed by atoms with van der Waals surface area (Å²) in [6.45, 7) is 1.90. The van der Waals surface area contributed by atoms with Crippen LogP contribution in [-0.2, 0) is 0 Å². The van der Waals surface area contributed by atoms with Crippen LogP contribution in [0.1, 0.15) is 15.9 Å². The average Bonchev–Trinajstić information content (AvgIpc) is 2.32. The fourth-order valence-corrected chi connectivity index (χ4v) is 1.83. The van der Waals surface area contributed by atoms with Gasteiger partial charge in [0.05, 0.1) is 0 Å². The molecule has 0 heterocycles. The van der Waals surface area contributed by atoms with Crippen molar-refractivity contribution < 1.29 is 9.18 Å². The molecule has 2 aromatic rings. The number of aldehydes is 1. The lowest BCUT2D eigenvalue weighted by molar-refractivity contribution is 0.112. The van der Waals surface area contributed by atoms with Crippen molar-refractivity contribution in [2.75, 3.05) is 0 Å². The number of benzene rings is 2. The zero-order chi connectivity index (χ0) is 12.4. The highest BCUT2D eigenvalue weighted by atomic mass is 35.5. The Bertz CT molecular complexity index is 578. The van der Waals surface area contributed by atoms with Gasteiger partial charge in [-0.3, -0.25) is 4.79 Å². The zero-order valence-electron chi connectivity index (χ0n) is 9.21. The van der Waals surface area contributed by atoms with E-state index in [0.717, 1.165) is 11.1 Å². The Hall–Kier alpha value is -1.67. The standard InChI is InChI=1S/C14H10ClFO/c1-9-2-3-10(7-14(9)15)13-5-4-12(16)6-11(13)8-17/h2-8H,1H3. The van der Waals surface area contributed by atoms with Crippen LogP contribution < -0.4 is 0 Å². The predicted octanol–water partition coefficient (Wildman–Crippen LogP) is 4.27. The summed E-state index contributed by atoms with van der Waals surface area (Å²) in [6.07, 6.45) is 0.645. The van der Waals surface area contributed by atoms with Crippen LogP contribution in [0.4, 0.5) is 4.39 Å². The van der Waals surface area contributed by atoms with Gasteiger partial charge in [-0.1, -0.05) is 29.8 Å². The minimum Gasteiger partial charge on any atom is -0.298 e. The van der Waals surface area contributed by atoms with Crippen molar-refractivity contribution in [3.05, 3.63) is 58.4 Å². The maximum Gasteiger partial charge on any atom is 0.150 e. The molecule has 0 aliphatic rings.